The molecule has 0 bridgehead atoms. The van der Waals surface area contributed by atoms with Crippen LogP contribution in [-0.2, 0) is 0 Å². The number of likely N-dealkylation sites (N-methyl/N-ethyl adjacent to an activating group) is 1. The molecule has 2 nitrogen and oxygen atoms in total. The predicted octanol–water partition coefficient (Wildman–Crippen LogP) is 3.52. The highest BCUT2D eigenvalue weighted by Crippen LogP contribution is 2.28. The molecule has 0 saturated carbocycles. The van der Waals surface area contributed by atoms with Gasteiger partial charge < -0.3 is 4.90 Å². The van der Waals surface area contributed by atoms with Crippen LogP contribution in [0.25, 0.3) is 0 Å². The topological polar surface area (TPSA) is 6.48 Å². The highest BCUT2D eigenvalue weighted by molar-refractivity contribution is 5.26. The van der Waals surface area contributed by atoms with Crippen molar-refractivity contribution in [2.45, 2.75) is 47.1 Å². The minimum absolute atomic E-state index is 0.151. The third kappa shape index (κ3) is 3.88. The van der Waals surface area contributed by atoms with Gasteiger partial charge in [-0.2, -0.15) is 0 Å². The fourth-order valence-corrected chi connectivity index (χ4v) is 1.96. The van der Waals surface area contributed by atoms with E-state index in [1.165, 1.54) is 11.3 Å². The molecule has 1 aliphatic heterocycles. The minimum Gasteiger partial charge on any atom is -0.376 e. The molecular weight excluding hydrogens is 220 g/mol. The molecule has 2 heteroatoms. The fourth-order valence-electron chi connectivity index (χ4n) is 1.96. The second-order valence-corrected chi connectivity index (χ2v) is 7.42. The lowest BCUT2D eigenvalue weighted by Gasteiger charge is -2.43. The Balaban J connectivity index is 2.87. The van der Waals surface area contributed by atoms with E-state index in [0.717, 1.165) is 19.6 Å². The van der Waals surface area contributed by atoms with Crippen molar-refractivity contribution < 1.29 is 0 Å². The normalized spacial score (nSPS) is 21.5. The minimum atomic E-state index is 0.151. The van der Waals surface area contributed by atoms with E-state index in [4.69, 9.17) is 0 Å². The zero-order valence-electron chi connectivity index (χ0n) is 13.3. The molecular formula is C16H30N2. The summed E-state index contributed by atoms with van der Waals surface area (Å²) in [6.07, 6.45) is 2.28. The van der Waals surface area contributed by atoms with Crippen molar-refractivity contribution in [3.8, 4) is 0 Å². The third-order valence-corrected chi connectivity index (χ3v) is 3.80. The first kappa shape index (κ1) is 15.3. The average Bonchev–Trinajstić information content (AvgIpc) is 2.18. The van der Waals surface area contributed by atoms with Crippen LogP contribution in [0.4, 0.5) is 0 Å². The Hall–Kier alpha value is -0.760. The Morgan fingerprint density at radius 2 is 1.67 bits per heavy atom. The predicted molar refractivity (Wildman–Crippen MR) is 80.6 cm³/mol. The second kappa shape index (κ2) is 5.08. The molecule has 1 aliphatic rings. The largest absolute Gasteiger partial charge is 0.376 e. The Labute approximate surface area is 113 Å². The maximum atomic E-state index is 4.22. The van der Waals surface area contributed by atoms with Gasteiger partial charge in [0.05, 0.1) is 0 Å². The lowest BCUT2D eigenvalue weighted by Crippen LogP contribution is -2.51. The van der Waals surface area contributed by atoms with Crippen molar-refractivity contribution in [3.05, 3.63) is 23.9 Å². The Bertz CT molecular complexity index is 339. The van der Waals surface area contributed by atoms with Gasteiger partial charge in [-0.1, -0.05) is 27.4 Å². The Morgan fingerprint density at radius 3 is 2.11 bits per heavy atom. The van der Waals surface area contributed by atoms with Crippen molar-refractivity contribution in [1.29, 1.82) is 0 Å². The zero-order chi connectivity index (χ0) is 14.1. The number of piperazine rings is 1. The summed E-state index contributed by atoms with van der Waals surface area (Å²) in [6.45, 7) is 21.0. The van der Waals surface area contributed by atoms with E-state index >= 15 is 0 Å². The summed E-state index contributed by atoms with van der Waals surface area (Å²) in [6, 6.07) is 0. The molecule has 0 spiro atoms. The van der Waals surface area contributed by atoms with Crippen molar-refractivity contribution in [1.82, 2.24) is 9.80 Å². The summed E-state index contributed by atoms with van der Waals surface area (Å²) in [4.78, 5) is 4.90. The van der Waals surface area contributed by atoms with Crippen LogP contribution in [0.1, 0.15) is 41.5 Å². The van der Waals surface area contributed by atoms with Crippen molar-refractivity contribution in [2.75, 3.05) is 26.7 Å². The van der Waals surface area contributed by atoms with Crippen molar-refractivity contribution in [2.24, 2.45) is 5.41 Å². The number of hydrogen-bond acceptors (Lipinski definition) is 2. The second-order valence-electron chi connectivity index (χ2n) is 7.42. The van der Waals surface area contributed by atoms with Gasteiger partial charge >= 0.3 is 0 Å². The monoisotopic (exact) mass is 250 g/mol. The maximum absolute atomic E-state index is 4.22. The van der Waals surface area contributed by atoms with Crippen molar-refractivity contribution >= 4 is 0 Å². The molecule has 1 rings (SSSR count). The summed E-state index contributed by atoms with van der Waals surface area (Å²) < 4.78 is 0. The molecule has 1 heterocycles. The van der Waals surface area contributed by atoms with Gasteiger partial charge in [-0.15, -0.1) is 0 Å². The summed E-state index contributed by atoms with van der Waals surface area (Å²) in [5, 5.41) is 0. The highest BCUT2D eigenvalue weighted by atomic mass is 15.3. The lowest BCUT2D eigenvalue weighted by molar-refractivity contribution is 0.100. The molecule has 1 fully saturated rings. The Morgan fingerprint density at radius 1 is 1.11 bits per heavy atom. The van der Waals surface area contributed by atoms with E-state index < -0.39 is 0 Å². The summed E-state index contributed by atoms with van der Waals surface area (Å²) in [7, 11) is 2.18. The molecule has 0 atom stereocenters. The third-order valence-electron chi connectivity index (χ3n) is 3.80. The molecule has 0 aromatic heterocycles. The molecule has 18 heavy (non-hydrogen) atoms. The van der Waals surface area contributed by atoms with Crippen LogP contribution < -0.4 is 0 Å². The number of allylic oxidation sites excluding steroid dienone is 2. The molecule has 0 aromatic carbocycles. The molecule has 1 saturated heterocycles. The summed E-state index contributed by atoms with van der Waals surface area (Å²) >= 11 is 0. The smallest absolute Gasteiger partial charge is 0.0389 e. The zero-order valence-corrected chi connectivity index (χ0v) is 13.3. The van der Waals surface area contributed by atoms with Gasteiger partial charge in [-0.25, -0.2) is 0 Å². The van der Waals surface area contributed by atoms with E-state index in [1.54, 1.807) is 0 Å². The van der Waals surface area contributed by atoms with Gasteiger partial charge in [0.1, 0.15) is 0 Å². The maximum Gasteiger partial charge on any atom is 0.0389 e. The van der Waals surface area contributed by atoms with Crippen LogP contribution in [0, 0.1) is 5.41 Å². The lowest BCUT2D eigenvalue weighted by atomic mass is 9.87. The SMILES string of the molecule is C=C(/C=C1/CN(C(C)(C)C)CCN1C)C(C)(C)C. The van der Waals surface area contributed by atoms with E-state index in [2.05, 4.69) is 71.0 Å². The average molecular weight is 250 g/mol. The van der Waals surface area contributed by atoms with Gasteiger partial charge in [0.25, 0.3) is 0 Å². The number of hydrogen-bond donors (Lipinski definition) is 0. The van der Waals surface area contributed by atoms with Gasteiger partial charge in [0.15, 0.2) is 0 Å². The molecule has 0 aliphatic carbocycles. The van der Waals surface area contributed by atoms with Crippen LogP contribution in [0.5, 0.6) is 0 Å². The first-order valence-electron chi connectivity index (χ1n) is 6.88. The molecule has 0 N–H and O–H groups in total. The summed E-state index contributed by atoms with van der Waals surface area (Å²) in [5.74, 6) is 0. The van der Waals surface area contributed by atoms with Crippen molar-refractivity contribution in [3.63, 3.8) is 0 Å². The number of rotatable bonds is 1. The van der Waals surface area contributed by atoms with Crippen LogP contribution >= 0.6 is 0 Å². The first-order chi connectivity index (χ1) is 8.01. The molecule has 0 amide bonds. The molecule has 0 aromatic rings. The molecule has 104 valence electrons. The molecule has 0 unspecified atom stereocenters. The summed E-state index contributed by atoms with van der Waals surface area (Å²) in [5.41, 5.74) is 2.98. The van der Waals surface area contributed by atoms with Crippen LogP contribution in [0.2, 0.25) is 0 Å². The molecule has 0 radical (unpaired) electrons. The van der Waals surface area contributed by atoms with Gasteiger partial charge in [0.2, 0.25) is 0 Å². The van der Waals surface area contributed by atoms with Crippen LogP contribution in [0.3, 0.4) is 0 Å². The van der Waals surface area contributed by atoms with E-state index in [0.29, 0.717) is 0 Å². The van der Waals surface area contributed by atoms with E-state index in [9.17, 15) is 0 Å². The fraction of sp³-hybridized carbons (Fsp3) is 0.750. The Kier molecular flexibility index (Phi) is 4.32. The first-order valence-corrected chi connectivity index (χ1v) is 6.88. The van der Waals surface area contributed by atoms with Gasteiger partial charge in [-0.05, 0) is 37.8 Å². The van der Waals surface area contributed by atoms with E-state index in [-0.39, 0.29) is 11.0 Å². The van der Waals surface area contributed by atoms with Crippen LogP contribution in [-0.4, -0.2) is 42.0 Å². The number of nitrogens with zero attached hydrogens (tertiary/aromatic N) is 2. The standard InChI is InChI=1S/C16H30N2/c1-13(15(2,3)4)11-14-12-18(16(5,6)7)10-9-17(14)8/h11H,1,9-10,12H2,2-8H3/b14-11-. The highest BCUT2D eigenvalue weighted by Gasteiger charge is 2.27. The van der Waals surface area contributed by atoms with Crippen LogP contribution in [0.15, 0.2) is 23.9 Å². The quantitative estimate of drug-likeness (QED) is 0.702. The van der Waals surface area contributed by atoms with Gasteiger partial charge in [-0.3, -0.25) is 4.90 Å². The van der Waals surface area contributed by atoms with E-state index in [1.807, 2.05) is 0 Å². The van der Waals surface area contributed by atoms with Gasteiger partial charge in [0, 0.05) is 37.9 Å².